The van der Waals surface area contributed by atoms with Gasteiger partial charge in [-0.3, -0.25) is 9.59 Å². The predicted molar refractivity (Wildman–Crippen MR) is 66.1 cm³/mol. The highest BCUT2D eigenvalue weighted by molar-refractivity contribution is 6.50. The molecule has 5 heteroatoms. The third-order valence-electron chi connectivity index (χ3n) is 2.87. The lowest BCUT2D eigenvalue weighted by molar-refractivity contribution is -0.111. The molecule has 1 aliphatic carbocycles. The van der Waals surface area contributed by atoms with Crippen LogP contribution in [0.15, 0.2) is 18.2 Å². The van der Waals surface area contributed by atoms with E-state index in [1.807, 2.05) is 13.8 Å². The fourth-order valence-corrected chi connectivity index (χ4v) is 2.08. The number of carbonyl (C=O) groups is 2. The molecular weight excluding hydrogens is 248 g/mol. The van der Waals surface area contributed by atoms with E-state index in [-0.39, 0.29) is 12.9 Å². The molecule has 1 aliphatic heterocycles. The molecular formula is C14H12O5. The first-order valence-corrected chi connectivity index (χ1v) is 5.97. The number of benzene rings is 1. The van der Waals surface area contributed by atoms with Gasteiger partial charge in [-0.2, -0.15) is 0 Å². The van der Waals surface area contributed by atoms with Crippen molar-refractivity contribution in [2.45, 2.75) is 20.0 Å². The number of rotatable bonds is 2. The number of allylic oxidation sites excluding steroid dienone is 1. The second kappa shape index (κ2) is 4.12. The Balaban J connectivity index is 2.15. The van der Waals surface area contributed by atoms with Gasteiger partial charge in [0.05, 0.1) is 6.10 Å². The molecule has 5 nitrogen and oxygen atoms in total. The summed E-state index contributed by atoms with van der Waals surface area (Å²) >= 11 is 0. The minimum atomic E-state index is -0.581. The average Bonchev–Trinajstić information content (AvgIpc) is 2.80. The number of Topliss-reactive ketones (excluding diaryl/α,β-unsaturated/α-hetero) is 1. The number of hydrogen-bond acceptors (Lipinski definition) is 5. The van der Waals surface area contributed by atoms with Crippen LogP contribution in [0, 0.1) is 0 Å². The van der Waals surface area contributed by atoms with E-state index >= 15 is 0 Å². The number of ketones is 2. The third kappa shape index (κ3) is 1.87. The summed E-state index contributed by atoms with van der Waals surface area (Å²) in [6.45, 7) is 3.83. The molecule has 0 spiro atoms. The SMILES string of the molecule is CC(C)OC1=CC(=O)C(=O)c2cc3c(cc21)OCO3. The predicted octanol–water partition coefficient (Wildman–Crippen LogP) is 1.95. The lowest BCUT2D eigenvalue weighted by Crippen LogP contribution is -2.20. The molecule has 0 N–H and O–H groups in total. The van der Waals surface area contributed by atoms with Crippen molar-refractivity contribution >= 4 is 17.3 Å². The minimum absolute atomic E-state index is 0.0921. The first-order valence-electron chi connectivity index (χ1n) is 5.97. The van der Waals surface area contributed by atoms with E-state index in [4.69, 9.17) is 14.2 Å². The number of fused-ring (bicyclic) bond motifs is 2. The van der Waals surface area contributed by atoms with E-state index in [2.05, 4.69) is 0 Å². The molecule has 2 aliphatic rings. The molecule has 0 atom stereocenters. The zero-order valence-electron chi connectivity index (χ0n) is 10.6. The van der Waals surface area contributed by atoms with E-state index in [1.165, 1.54) is 12.1 Å². The average molecular weight is 260 g/mol. The van der Waals surface area contributed by atoms with Crippen molar-refractivity contribution in [3.8, 4) is 11.5 Å². The van der Waals surface area contributed by atoms with E-state index in [0.29, 0.717) is 28.4 Å². The van der Waals surface area contributed by atoms with Crippen LogP contribution in [0.2, 0.25) is 0 Å². The summed E-state index contributed by atoms with van der Waals surface area (Å²) < 4.78 is 16.1. The summed E-state index contributed by atoms with van der Waals surface area (Å²) in [4.78, 5) is 23.6. The molecule has 0 radical (unpaired) electrons. The fraction of sp³-hybridized carbons (Fsp3) is 0.286. The van der Waals surface area contributed by atoms with Gasteiger partial charge in [0, 0.05) is 17.2 Å². The lowest BCUT2D eigenvalue weighted by Gasteiger charge is -2.19. The summed E-state index contributed by atoms with van der Waals surface area (Å²) in [6, 6.07) is 3.21. The van der Waals surface area contributed by atoms with Crippen molar-refractivity contribution in [1.29, 1.82) is 0 Å². The van der Waals surface area contributed by atoms with Crippen LogP contribution in [-0.2, 0) is 9.53 Å². The van der Waals surface area contributed by atoms with Gasteiger partial charge >= 0.3 is 0 Å². The van der Waals surface area contributed by atoms with Crippen LogP contribution in [0.4, 0.5) is 0 Å². The van der Waals surface area contributed by atoms with Gasteiger partial charge in [0.2, 0.25) is 18.4 Å². The summed E-state index contributed by atoms with van der Waals surface area (Å²) in [7, 11) is 0. The molecule has 0 fully saturated rings. The van der Waals surface area contributed by atoms with E-state index in [0.717, 1.165) is 0 Å². The van der Waals surface area contributed by atoms with Crippen molar-refractivity contribution in [2.24, 2.45) is 0 Å². The van der Waals surface area contributed by atoms with Crippen molar-refractivity contribution in [3.05, 3.63) is 29.3 Å². The highest BCUT2D eigenvalue weighted by atomic mass is 16.7. The third-order valence-corrected chi connectivity index (χ3v) is 2.87. The molecule has 0 unspecified atom stereocenters. The Kier molecular flexibility index (Phi) is 2.55. The molecule has 1 aromatic carbocycles. The van der Waals surface area contributed by atoms with Gasteiger partial charge in [-0.15, -0.1) is 0 Å². The van der Waals surface area contributed by atoms with Gasteiger partial charge in [-0.1, -0.05) is 0 Å². The Morgan fingerprint density at radius 2 is 1.74 bits per heavy atom. The van der Waals surface area contributed by atoms with Crippen LogP contribution in [0.5, 0.6) is 11.5 Å². The van der Waals surface area contributed by atoms with E-state index in [1.54, 1.807) is 6.07 Å². The van der Waals surface area contributed by atoms with Crippen LogP contribution < -0.4 is 9.47 Å². The normalized spacial score (nSPS) is 16.5. The maximum Gasteiger partial charge on any atom is 0.233 e. The molecule has 0 saturated carbocycles. The summed E-state index contributed by atoms with van der Waals surface area (Å²) in [6.07, 6.45) is 1.14. The van der Waals surface area contributed by atoms with Crippen LogP contribution >= 0.6 is 0 Å². The maximum atomic E-state index is 11.9. The zero-order valence-corrected chi connectivity index (χ0v) is 10.6. The first-order chi connectivity index (χ1) is 9.06. The number of hydrogen-bond donors (Lipinski definition) is 0. The van der Waals surface area contributed by atoms with Crippen molar-refractivity contribution in [1.82, 2.24) is 0 Å². The molecule has 19 heavy (non-hydrogen) atoms. The van der Waals surface area contributed by atoms with Gasteiger partial charge in [0.1, 0.15) is 5.76 Å². The zero-order chi connectivity index (χ0) is 13.6. The van der Waals surface area contributed by atoms with Crippen molar-refractivity contribution < 1.29 is 23.8 Å². The maximum absolute atomic E-state index is 11.9. The van der Waals surface area contributed by atoms with Crippen LogP contribution in [-0.4, -0.2) is 24.5 Å². The highest BCUT2D eigenvalue weighted by Gasteiger charge is 2.30. The number of ether oxygens (including phenoxy) is 3. The van der Waals surface area contributed by atoms with Gasteiger partial charge in [0.15, 0.2) is 11.5 Å². The molecule has 1 heterocycles. The van der Waals surface area contributed by atoms with Gasteiger partial charge in [-0.05, 0) is 26.0 Å². The molecule has 1 aromatic rings. The fourth-order valence-electron chi connectivity index (χ4n) is 2.08. The Hall–Kier alpha value is -2.30. The van der Waals surface area contributed by atoms with Crippen LogP contribution in [0.1, 0.15) is 29.8 Å². The molecule has 0 amide bonds. The monoisotopic (exact) mass is 260 g/mol. The molecule has 0 saturated heterocycles. The summed E-state index contributed by atoms with van der Waals surface area (Å²) in [5.41, 5.74) is 0.870. The van der Waals surface area contributed by atoms with Gasteiger partial charge in [0.25, 0.3) is 0 Å². The van der Waals surface area contributed by atoms with Crippen LogP contribution in [0.3, 0.4) is 0 Å². The first kappa shape index (κ1) is 11.8. The Morgan fingerprint density at radius 1 is 1.11 bits per heavy atom. The smallest absolute Gasteiger partial charge is 0.233 e. The number of carbonyl (C=O) groups excluding carboxylic acids is 2. The molecule has 3 rings (SSSR count). The van der Waals surface area contributed by atoms with Crippen molar-refractivity contribution in [3.63, 3.8) is 0 Å². The molecule has 98 valence electrons. The lowest BCUT2D eigenvalue weighted by atomic mass is 9.93. The van der Waals surface area contributed by atoms with Gasteiger partial charge in [-0.25, -0.2) is 0 Å². The topological polar surface area (TPSA) is 61.8 Å². The summed E-state index contributed by atoms with van der Waals surface area (Å²) in [5, 5.41) is 0. The largest absolute Gasteiger partial charge is 0.490 e. The summed E-state index contributed by atoms with van der Waals surface area (Å²) in [5.74, 6) is 0.296. The van der Waals surface area contributed by atoms with E-state index in [9.17, 15) is 9.59 Å². The highest BCUT2D eigenvalue weighted by Crippen LogP contribution is 2.39. The minimum Gasteiger partial charge on any atom is -0.490 e. The standard InChI is InChI=1S/C14H12O5/c1-7(2)19-11-5-10(15)14(16)9-4-13-12(3-8(9)11)17-6-18-13/h3-5,7H,6H2,1-2H3. The second-order valence-electron chi connectivity index (χ2n) is 4.62. The Labute approximate surface area is 109 Å². The Bertz CT molecular complexity index is 613. The molecule has 0 bridgehead atoms. The molecule has 0 aromatic heterocycles. The van der Waals surface area contributed by atoms with Crippen molar-refractivity contribution in [2.75, 3.05) is 6.79 Å². The quantitative estimate of drug-likeness (QED) is 0.760. The van der Waals surface area contributed by atoms with Crippen LogP contribution in [0.25, 0.3) is 5.76 Å². The van der Waals surface area contributed by atoms with Gasteiger partial charge < -0.3 is 14.2 Å². The van der Waals surface area contributed by atoms with E-state index < -0.39 is 11.6 Å². The second-order valence-corrected chi connectivity index (χ2v) is 4.62. The Morgan fingerprint density at radius 3 is 2.37 bits per heavy atom.